The van der Waals surface area contributed by atoms with Crippen LogP contribution < -0.4 is 14.8 Å². The number of likely N-dealkylation sites (tertiary alicyclic amines) is 1. The summed E-state index contributed by atoms with van der Waals surface area (Å²) in [6, 6.07) is 13.6. The van der Waals surface area contributed by atoms with Gasteiger partial charge in [0.2, 0.25) is 5.91 Å². The number of aliphatic hydroxyl groups excluding tert-OH is 1. The number of fused-ring (bicyclic) bond motifs is 2. The van der Waals surface area contributed by atoms with Gasteiger partial charge in [-0.05, 0) is 73.5 Å². The van der Waals surface area contributed by atoms with Crippen LogP contribution in [0.3, 0.4) is 0 Å². The Morgan fingerprint density at radius 3 is 2.44 bits per heavy atom. The van der Waals surface area contributed by atoms with Crippen molar-refractivity contribution >= 4 is 5.91 Å². The lowest BCUT2D eigenvalue weighted by molar-refractivity contribution is -0.123. The van der Waals surface area contributed by atoms with Gasteiger partial charge in [-0.3, -0.25) is 4.79 Å². The van der Waals surface area contributed by atoms with E-state index in [-0.39, 0.29) is 11.9 Å². The summed E-state index contributed by atoms with van der Waals surface area (Å²) in [5.74, 6) is 1.70. The number of ether oxygens (including phenoxy) is 2. The second-order valence-electron chi connectivity index (χ2n) is 9.28. The zero-order valence-electron chi connectivity index (χ0n) is 18.5. The number of nitrogens with one attached hydrogen (secondary N) is 1. The van der Waals surface area contributed by atoms with Gasteiger partial charge in [-0.15, -0.1) is 0 Å². The predicted octanol–water partition coefficient (Wildman–Crippen LogP) is 2.88. The predicted molar refractivity (Wildman–Crippen MR) is 122 cm³/mol. The van der Waals surface area contributed by atoms with Crippen molar-refractivity contribution in [1.82, 2.24) is 10.2 Å². The largest absolute Gasteiger partial charge is 0.486 e. The highest BCUT2D eigenvalue weighted by atomic mass is 16.6. The Bertz CT molecular complexity index is 932. The smallest absolute Gasteiger partial charge is 0.220 e. The second-order valence-corrected chi connectivity index (χ2v) is 9.28. The molecule has 0 aromatic heterocycles. The van der Waals surface area contributed by atoms with Gasteiger partial charge in [-0.2, -0.15) is 0 Å². The van der Waals surface area contributed by atoms with Crippen LogP contribution in [0.5, 0.6) is 11.5 Å². The molecule has 2 N–H and O–H groups in total. The Hall–Kier alpha value is -2.57. The minimum Gasteiger partial charge on any atom is -0.486 e. The lowest BCUT2D eigenvalue weighted by Gasteiger charge is -2.29. The Balaban J connectivity index is 1.27. The van der Waals surface area contributed by atoms with Gasteiger partial charge in [0.1, 0.15) is 19.3 Å². The summed E-state index contributed by atoms with van der Waals surface area (Å²) in [5, 5.41) is 14.4. The zero-order chi connectivity index (χ0) is 21.9. The topological polar surface area (TPSA) is 71.0 Å². The molecule has 1 fully saturated rings. The monoisotopic (exact) mass is 436 g/mol. The van der Waals surface area contributed by atoms with Crippen LogP contribution in [-0.2, 0) is 17.6 Å². The van der Waals surface area contributed by atoms with Crippen LogP contribution in [0.2, 0.25) is 0 Å². The number of aliphatic hydroxyl groups is 1. The molecule has 1 aliphatic carbocycles. The first-order valence-electron chi connectivity index (χ1n) is 11.8. The molecule has 170 valence electrons. The van der Waals surface area contributed by atoms with E-state index in [0.717, 1.165) is 31.5 Å². The van der Waals surface area contributed by atoms with Gasteiger partial charge >= 0.3 is 0 Å². The van der Waals surface area contributed by atoms with E-state index in [4.69, 9.17) is 9.47 Å². The molecule has 2 heterocycles. The average molecular weight is 437 g/mol. The Kier molecular flexibility index (Phi) is 6.32. The number of benzene rings is 2. The van der Waals surface area contributed by atoms with E-state index < -0.39 is 6.10 Å². The van der Waals surface area contributed by atoms with E-state index in [2.05, 4.69) is 34.5 Å². The van der Waals surface area contributed by atoms with Gasteiger partial charge in [0, 0.05) is 13.0 Å². The third-order valence-electron chi connectivity index (χ3n) is 6.90. The molecule has 6 nitrogen and oxygen atoms in total. The lowest BCUT2D eigenvalue weighted by Crippen LogP contribution is -2.47. The van der Waals surface area contributed by atoms with Crippen LogP contribution in [0.25, 0.3) is 0 Å². The first-order valence-corrected chi connectivity index (χ1v) is 11.8. The van der Waals surface area contributed by atoms with Crippen molar-refractivity contribution in [2.75, 3.05) is 32.8 Å². The molecular weight excluding hydrogens is 404 g/mol. The zero-order valence-corrected chi connectivity index (χ0v) is 18.5. The minimum atomic E-state index is -0.809. The Morgan fingerprint density at radius 1 is 1.03 bits per heavy atom. The van der Waals surface area contributed by atoms with Crippen LogP contribution in [0.1, 0.15) is 42.1 Å². The van der Waals surface area contributed by atoms with E-state index in [0.29, 0.717) is 43.6 Å². The molecule has 0 saturated carbocycles. The normalized spacial score (nSPS) is 20.0. The highest BCUT2D eigenvalue weighted by Gasteiger charge is 2.29. The summed E-state index contributed by atoms with van der Waals surface area (Å²) in [5.41, 5.74) is 3.46. The van der Waals surface area contributed by atoms with Crippen LogP contribution in [0.15, 0.2) is 42.5 Å². The van der Waals surface area contributed by atoms with Crippen molar-refractivity contribution in [2.24, 2.45) is 5.92 Å². The maximum absolute atomic E-state index is 13.0. The van der Waals surface area contributed by atoms with Crippen LogP contribution >= 0.6 is 0 Å². The summed E-state index contributed by atoms with van der Waals surface area (Å²) in [4.78, 5) is 15.3. The molecule has 32 heavy (non-hydrogen) atoms. The molecule has 2 aromatic rings. The first-order chi connectivity index (χ1) is 15.7. The molecule has 0 bridgehead atoms. The third kappa shape index (κ3) is 4.76. The molecule has 2 aliphatic heterocycles. The van der Waals surface area contributed by atoms with E-state index in [1.54, 1.807) is 0 Å². The molecule has 3 aliphatic rings. The van der Waals surface area contributed by atoms with Gasteiger partial charge in [0.05, 0.1) is 6.04 Å². The standard InChI is InChI=1S/C26H32N2O4/c29-25(15-18-13-19-5-1-2-6-20(19)14-18)27-22(17-28-9-3-4-10-28)26(30)21-7-8-23-24(16-21)32-12-11-31-23/h1-2,5-8,16,18,22,26,30H,3-4,9-15,17H2,(H,27,29)/t22-,26+/m1/s1. The van der Waals surface area contributed by atoms with Gasteiger partial charge in [0.15, 0.2) is 11.5 Å². The fourth-order valence-electron chi connectivity index (χ4n) is 5.27. The molecule has 2 atom stereocenters. The van der Waals surface area contributed by atoms with Crippen molar-refractivity contribution in [3.05, 3.63) is 59.2 Å². The highest BCUT2D eigenvalue weighted by molar-refractivity contribution is 5.77. The number of carbonyl (C=O) groups excluding carboxylic acids is 1. The summed E-state index contributed by atoms with van der Waals surface area (Å²) in [6.07, 6.45) is 3.91. The molecule has 0 spiro atoms. The van der Waals surface area contributed by atoms with Gasteiger partial charge in [0.25, 0.3) is 0 Å². The van der Waals surface area contributed by atoms with E-state index in [9.17, 15) is 9.90 Å². The fraction of sp³-hybridized carbons (Fsp3) is 0.500. The Morgan fingerprint density at radius 2 is 1.72 bits per heavy atom. The molecule has 5 rings (SSSR count). The second kappa shape index (κ2) is 9.51. The minimum absolute atomic E-state index is 0.0172. The third-order valence-corrected chi connectivity index (χ3v) is 6.90. The van der Waals surface area contributed by atoms with E-state index in [1.807, 2.05) is 18.2 Å². The SMILES string of the molecule is O=C(CC1Cc2ccccc2C1)N[C@H](CN1CCCC1)[C@@H](O)c1ccc2c(c1)OCCO2. The lowest BCUT2D eigenvalue weighted by atomic mass is 9.98. The highest BCUT2D eigenvalue weighted by Crippen LogP contribution is 2.34. The van der Waals surface area contributed by atoms with Crippen LogP contribution in [-0.4, -0.2) is 54.8 Å². The van der Waals surface area contributed by atoms with Crippen LogP contribution in [0.4, 0.5) is 0 Å². The number of nitrogens with zero attached hydrogens (tertiary/aromatic N) is 1. The molecule has 0 unspecified atom stereocenters. The fourth-order valence-corrected chi connectivity index (χ4v) is 5.27. The van der Waals surface area contributed by atoms with Gasteiger partial charge < -0.3 is 24.8 Å². The van der Waals surface area contributed by atoms with Crippen LogP contribution in [0, 0.1) is 5.92 Å². The average Bonchev–Trinajstić information content (AvgIpc) is 3.47. The molecule has 1 amide bonds. The van der Waals surface area contributed by atoms with Crippen molar-refractivity contribution < 1.29 is 19.4 Å². The van der Waals surface area contributed by atoms with Crippen molar-refractivity contribution in [2.45, 2.75) is 44.2 Å². The van der Waals surface area contributed by atoms with E-state index in [1.165, 1.54) is 24.0 Å². The number of amides is 1. The number of hydrogen-bond donors (Lipinski definition) is 2. The van der Waals surface area contributed by atoms with Crippen molar-refractivity contribution in [3.63, 3.8) is 0 Å². The number of rotatable bonds is 7. The summed E-state index contributed by atoms with van der Waals surface area (Å²) >= 11 is 0. The summed E-state index contributed by atoms with van der Waals surface area (Å²) < 4.78 is 11.3. The van der Waals surface area contributed by atoms with Crippen molar-refractivity contribution in [1.29, 1.82) is 0 Å². The summed E-state index contributed by atoms with van der Waals surface area (Å²) in [6.45, 7) is 3.71. The molecule has 6 heteroatoms. The molecule has 0 radical (unpaired) electrons. The van der Waals surface area contributed by atoms with E-state index >= 15 is 0 Å². The number of hydrogen-bond acceptors (Lipinski definition) is 5. The molecule has 2 aromatic carbocycles. The first kappa shape index (κ1) is 21.3. The maximum Gasteiger partial charge on any atom is 0.220 e. The maximum atomic E-state index is 13.0. The Labute approximate surface area is 189 Å². The molecular formula is C26H32N2O4. The quantitative estimate of drug-likeness (QED) is 0.699. The van der Waals surface area contributed by atoms with Gasteiger partial charge in [-0.1, -0.05) is 30.3 Å². The number of carbonyl (C=O) groups is 1. The summed E-state index contributed by atoms with van der Waals surface area (Å²) in [7, 11) is 0. The molecule has 1 saturated heterocycles. The van der Waals surface area contributed by atoms with Gasteiger partial charge in [-0.25, -0.2) is 0 Å². The van der Waals surface area contributed by atoms with Crippen molar-refractivity contribution in [3.8, 4) is 11.5 Å².